The van der Waals surface area contributed by atoms with Gasteiger partial charge in [-0.2, -0.15) is 0 Å². The lowest BCUT2D eigenvalue weighted by Crippen LogP contribution is -2.24. The molecular weight excluding hydrogens is 354 g/mol. The van der Waals surface area contributed by atoms with Crippen LogP contribution in [0.1, 0.15) is 6.42 Å². The number of aliphatic imine (C=N–C) groups is 1. The second-order valence-electron chi connectivity index (χ2n) is 6.53. The molecule has 3 aromatic rings. The van der Waals surface area contributed by atoms with Gasteiger partial charge in [0.1, 0.15) is 0 Å². The average Bonchev–Trinajstić information content (AvgIpc) is 3.35. The Balaban J connectivity index is 1.73. The van der Waals surface area contributed by atoms with Crippen molar-refractivity contribution in [1.29, 1.82) is 0 Å². The van der Waals surface area contributed by atoms with Gasteiger partial charge >= 0.3 is 0 Å². The normalized spacial score (nSPS) is 15.9. The van der Waals surface area contributed by atoms with E-state index in [0.717, 1.165) is 22.6 Å². The first kappa shape index (κ1) is 17.7. The van der Waals surface area contributed by atoms with Crippen LogP contribution in [0.2, 0.25) is 0 Å². The van der Waals surface area contributed by atoms with Crippen LogP contribution in [0.25, 0.3) is 16.9 Å². The fourth-order valence-corrected chi connectivity index (χ4v) is 3.25. The monoisotopic (exact) mass is 373 g/mol. The third kappa shape index (κ3) is 3.42. The van der Waals surface area contributed by atoms with Crippen molar-refractivity contribution in [1.82, 2.24) is 15.1 Å². The number of carbonyl (C=O) groups is 2. The molecule has 28 heavy (non-hydrogen) atoms. The quantitative estimate of drug-likeness (QED) is 0.674. The van der Waals surface area contributed by atoms with Gasteiger partial charge in [-0.15, -0.1) is 5.10 Å². The third-order valence-electron chi connectivity index (χ3n) is 4.66. The molecule has 2 heterocycles. The zero-order valence-corrected chi connectivity index (χ0v) is 15.1. The van der Waals surface area contributed by atoms with E-state index in [1.54, 1.807) is 10.7 Å². The lowest BCUT2D eigenvalue weighted by molar-refractivity contribution is -0.123. The second kappa shape index (κ2) is 7.48. The van der Waals surface area contributed by atoms with Crippen molar-refractivity contribution in [2.45, 2.75) is 6.42 Å². The van der Waals surface area contributed by atoms with Crippen LogP contribution < -0.4 is 10.6 Å². The third-order valence-corrected chi connectivity index (χ3v) is 4.66. The number of amides is 2. The lowest BCUT2D eigenvalue weighted by atomic mass is 10.1. The first-order valence-corrected chi connectivity index (χ1v) is 8.95. The predicted octanol–water partition coefficient (Wildman–Crippen LogP) is 2.95. The van der Waals surface area contributed by atoms with Crippen LogP contribution in [0.3, 0.4) is 0 Å². The van der Waals surface area contributed by atoms with Crippen LogP contribution in [0.15, 0.2) is 65.7 Å². The summed E-state index contributed by atoms with van der Waals surface area (Å²) in [5, 5.41) is 10.1. The molecule has 2 amide bonds. The number of nitrogens with one attached hydrogen (secondary N) is 2. The van der Waals surface area contributed by atoms with Crippen molar-refractivity contribution in [3.63, 3.8) is 0 Å². The minimum Gasteiger partial charge on any atom is -0.355 e. The standard InChI is InChI=1S/C21H19N5O2/c1-22-17-10-6-5-9-16(17)18-12-19(24-21(28)14-11-20(27)23-13-14)25-26(18)15-7-3-2-4-8-15/h2-10,12,14H,1,11,13H2,(H,23,27)(H,24,25,28)/t14-/m1/s1. The molecule has 0 unspecified atom stereocenters. The van der Waals surface area contributed by atoms with E-state index in [0.29, 0.717) is 12.4 Å². The van der Waals surface area contributed by atoms with Crippen molar-refractivity contribution in [3.8, 4) is 16.9 Å². The van der Waals surface area contributed by atoms with Gasteiger partial charge in [0.05, 0.1) is 23.0 Å². The van der Waals surface area contributed by atoms with Gasteiger partial charge in [0, 0.05) is 24.6 Å². The smallest absolute Gasteiger partial charge is 0.230 e. The van der Waals surface area contributed by atoms with E-state index in [9.17, 15) is 9.59 Å². The molecule has 0 saturated carbocycles. The van der Waals surface area contributed by atoms with Gasteiger partial charge in [-0.05, 0) is 24.9 Å². The number of anilines is 1. The molecule has 1 atom stereocenters. The highest BCUT2D eigenvalue weighted by molar-refractivity contribution is 5.97. The number of para-hydroxylation sites is 2. The van der Waals surface area contributed by atoms with Crippen molar-refractivity contribution >= 4 is 30.0 Å². The SMILES string of the molecule is C=Nc1ccccc1-c1cc(NC(=O)[C@H]2CNC(=O)C2)nn1-c1ccccc1. The first-order valence-electron chi connectivity index (χ1n) is 8.95. The van der Waals surface area contributed by atoms with Crippen LogP contribution in [0, 0.1) is 5.92 Å². The zero-order chi connectivity index (χ0) is 19.5. The number of benzene rings is 2. The lowest BCUT2D eigenvalue weighted by Gasteiger charge is -2.09. The van der Waals surface area contributed by atoms with Crippen LogP contribution in [-0.2, 0) is 9.59 Å². The van der Waals surface area contributed by atoms with Crippen molar-refractivity contribution in [2.75, 3.05) is 11.9 Å². The van der Waals surface area contributed by atoms with Gasteiger partial charge in [0.15, 0.2) is 5.82 Å². The number of hydrogen-bond acceptors (Lipinski definition) is 4. The highest BCUT2D eigenvalue weighted by Crippen LogP contribution is 2.33. The van der Waals surface area contributed by atoms with Crippen LogP contribution in [0.4, 0.5) is 11.5 Å². The van der Waals surface area contributed by atoms with Gasteiger partial charge in [0.25, 0.3) is 0 Å². The van der Waals surface area contributed by atoms with Crippen molar-refractivity contribution in [3.05, 3.63) is 60.7 Å². The van der Waals surface area contributed by atoms with Gasteiger partial charge in [-0.3, -0.25) is 14.6 Å². The molecule has 0 aliphatic carbocycles. The number of rotatable bonds is 5. The maximum atomic E-state index is 12.5. The molecule has 7 nitrogen and oxygen atoms in total. The summed E-state index contributed by atoms with van der Waals surface area (Å²) >= 11 is 0. The van der Waals surface area contributed by atoms with Gasteiger partial charge < -0.3 is 10.6 Å². The summed E-state index contributed by atoms with van der Waals surface area (Å²) in [6, 6.07) is 19.1. The molecule has 1 aliphatic heterocycles. The fourth-order valence-electron chi connectivity index (χ4n) is 3.25. The molecule has 0 bridgehead atoms. The maximum absolute atomic E-state index is 12.5. The Morgan fingerprint density at radius 2 is 1.93 bits per heavy atom. The Labute approximate surface area is 162 Å². The number of aromatic nitrogens is 2. The van der Waals surface area contributed by atoms with E-state index >= 15 is 0 Å². The molecule has 0 spiro atoms. The van der Waals surface area contributed by atoms with E-state index in [2.05, 4.69) is 27.4 Å². The van der Waals surface area contributed by atoms with Crippen molar-refractivity contribution in [2.24, 2.45) is 10.9 Å². The van der Waals surface area contributed by atoms with Gasteiger partial charge in [-0.1, -0.05) is 36.4 Å². The van der Waals surface area contributed by atoms with Crippen LogP contribution in [-0.4, -0.2) is 34.9 Å². The van der Waals surface area contributed by atoms with Crippen LogP contribution >= 0.6 is 0 Å². The summed E-state index contributed by atoms with van der Waals surface area (Å²) in [5.74, 6) is -0.304. The predicted molar refractivity (Wildman–Crippen MR) is 108 cm³/mol. The van der Waals surface area contributed by atoms with E-state index in [1.165, 1.54) is 0 Å². The summed E-state index contributed by atoms with van der Waals surface area (Å²) in [4.78, 5) is 28.0. The summed E-state index contributed by atoms with van der Waals surface area (Å²) in [6.45, 7) is 3.99. The molecule has 2 N–H and O–H groups in total. The van der Waals surface area contributed by atoms with Crippen LogP contribution in [0.5, 0.6) is 0 Å². The molecule has 4 rings (SSSR count). The van der Waals surface area contributed by atoms with Crippen molar-refractivity contribution < 1.29 is 9.59 Å². The molecule has 1 aliphatic rings. The molecule has 0 radical (unpaired) electrons. The number of nitrogens with zero attached hydrogens (tertiary/aromatic N) is 3. The van der Waals surface area contributed by atoms with Gasteiger partial charge in [-0.25, -0.2) is 4.68 Å². The Hall–Kier alpha value is -3.74. The summed E-state index contributed by atoms with van der Waals surface area (Å²) in [5.41, 5.74) is 3.22. The Bertz CT molecular complexity index is 1040. The fraction of sp³-hybridized carbons (Fsp3) is 0.143. The van der Waals surface area contributed by atoms with E-state index in [1.807, 2.05) is 54.6 Å². The molecule has 1 fully saturated rings. The average molecular weight is 373 g/mol. The van der Waals surface area contributed by atoms with E-state index < -0.39 is 0 Å². The van der Waals surface area contributed by atoms with E-state index in [-0.39, 0.29) is 24.2 Å². The molecular formula is C21H19N5O2. The Morgan fingerprint density at radius 1 is 1.18 bits per heavy atom. The van der Waals surface area contributed by atoms with Gasteiger partial charge in [0.2, 0.25) is 11.8 Å². The highest BCUT2D eigenvalue weighted by atomic mass is 16.2. The largest absolute Gasteiger partial charge is 0.355 e. The zero-order valence-electron chi connectivity index (χ0n) is 15.1. The van der Waals surface area contributed by atoms with E-state index in [4.69, 9.17) is 0 Å². The minimum atomic E-state index is -0.389. The topological polar surface area (TPSA) is 88.4 Å². The maximum Gasteiger partial charge on any atom is 0.230 e. The first-order chi connectivity index (χ1) is 13.7. The molecule has 140 valence electrons. The summed E-state index contributed by atoms with van der Waals surface area (Å²) < 4.78 is 1.76. The number of carbonyl (C=O) groups excluding carboxylic acids is 2. The molecule has 2 aromatic carbocycles. The molecule has 1 saturated heterocycles. The second-order valence-corrected chi connectivity index (χ2v) is 6.53. The molecule has 1 aromatic heterocycles. The molecule has 7 heteroatoms. The summed E-state index contributed by atoms with van der Waals surface area (Å²) in [6.07, 6.45) is 0.196. The summed E-state index contributed by atoms with van der Waals surface area (Å²) in [7, 11) is 0. The Morgan fingerprint density at radius 3 is 2.64 bits per heavy atom. The Kier molecular flexibility index (Phi) is 4.72. The number of hydrogen-bond donors (Lipinski definition) is 2. The minimum absolute atomic E-state index is 0.110. The highest BCUT2D eigenvalue weighted by Gasteiger charge is 2.28.